The molecule has 0 spiro atoms. The molecule has 0 unspecified atom stereocenters. The number of benzene rings is 1. The van der Waals surface area contributed by atoms with Crippen molar-refractivity contribution in [3.63, 3.8) is 0 Å². The molecule has 0 saturated carbocycles. The Morgan fingerprint density at radius 3 is 2.88 bits per heavy atom. The monoisotopic (exact) mass is 228 g/mol. The van der Waals surface area contributed by atoms with Gasteiger partial charge in [-0.3, -0.25) is 0 Å². The summed E-state index contributed by atoms with van der Waals surface area (Å²) >= 11 is 0. The highest BCUT2D eigenvalue weighted by atomic mass is 16.7. The van der Waals surface area contributed by atoms with Gasteiger partial charge < -0.3 is 14.8 Å². The molecule has 2 N–H and O–H groups in total. The summed E-state index contributed by atoms with van der Waals surface area (Å²) in [7, 11) is 0. The topological polar surface area (TPSA) is 75.2 Å². The fourth-order valence-corrected chi connectivity index (χ4v) is 1.88. The van der Waals surface area contributed by atoms with Gasteiger partial charge in [-0.25, -0.2) is 9.78 Å². The zero-order valence-electron chi connectivity index (χ0n) is 8.68. The number of carbonyl (C=O) groups is 1. The quantitative estimate of drug-likeness (QED) is 0.628. The van der Waals surface area contributed by atoms with Crippen molar-refractivity contribution < 1.29 is 14.6 Å². The van der Waals surface area contributed by atoms with E-state index in [2.05, 4.69) is 14.7 Å². The van der Waals surface area contributed by atoms with Gasteiger partial charge in [-0.05, 0) is 6.07 Å². The Balaban J connectivity index is 2.26. The van der Waals surface area contributed by atoms with Crippen molar-refractivity contribution >= 4 is 28.0 Å². The lowest BCUT2D eigenvalue weighted by Gasteiger charge is -1.97. The minimum atomic E-state index is -1.36. The molecule has 5 nitrogen and oxygen atoms in total. The fraction of sp³-hybridized carbons (Fsp3) is 0. The molecule has 0 aliphatic heterocycles. The van der Waals surface area contributed by atoms with E-state index in [-0.39, 0.29) is 5.88 Å². The van der Waals surface area contributed by atoms with Crippen LogP contribution in [-0.2, 0) is 0 Å². The SMILES string of the molecule is O=C(O)Oc1cc2c(cn1)[nH]c1ccccc12. The molecule has 0 bridgehead atoms. The number of aromatic amines is 1. The molecule has 17 heavy (non-hydrogen) atoms. The molecule has 3 rings (SSSR count). The van der Waals surface area contributed by atoms with Gasteiger partial charge in [0.1, 0.15) is 0 Å². The highest BCUT2D eigenvalue weighted by Gasteiger charge is 2.07. The first-order valence-corrected chi connectivity index (χ1v) is 5.01. The molecular formula is C12H8N2O3. The van der Waals surface area contributed by atoms with Gasteiger partial charge in [0, 0.05) is 22.4 Å². The van der Waals surface area contributed by atoms with Gasteiger partial charge in [0.25, 0.3) is 0 Å². The number of aromatic nitrogens is 2. The van der Waals surface area contributed by atoms with Crippen LogP contribution in [0.25, 0.3) is 21.8 Å². The summed E-state index contributed by atoms with van der Waals surface area (Å²) in [6.45, 7) is 0. The van der Waals surface area contributed by atoms with Crippen LogP contribution < -0.4 is 4.74 Å². The van der Waals surface area contributed by atoms with Crippen molar-refractivity contribution in [3.05, 3.63) is 36.5 Å². The molecular weight excluding hydrogens is 220 g/mol. The number of H-pyrrole nitrogens is 1. The van der Waals surface area contributed by atoms with E-state index in [9.17, 15) is 4.79 Å². The lowest BCUT2D eigenvalue weighted by molar-refractivity contribution is 0.142. The normalized spacial score (nSPS) is 10.8. The summed E-state index contributed by atoms with van der Waals surface area (Å²) in [4.78, 5) is 17.5. The van der Waals surface area contributed by atoms with Gasteiger partial charge >= 0.3 is 6.16 Å². The maximum Gasteiger partial charge on any atom is 0.512 e. The molecule has 0 atom stereocenters. The van der Waals surface area contributed by atoms with Crippen molar-refractivity contribution in [2.24, 2.45) is 0 Å². The van der Waals surface area contributed by atoms with Crippen LogP contribution in [0.3, 0.4) is 0 Å². The van der Waals surface area contributed by atoms with Gasteiger partial charge in [0.15, 0.2) is 0 Å². The smallest absolute Gasteiger partial charge is 0.449 e. The summed E-state index contributed by atoms with van der Waals surface area (Å²) in [5, 5.41) is 10.4. The number of hydrogen-bond donors (Lipinski definition) is 2. The largest absolute Gasteiger partial charge is 0.512 e. The van der Waals surface area contributed by atoms with E-state index in [0.717, 1.165) is 21.8 Å². The lowest BCUT2D eigenvalue weighted by atomic mass is 10.2. The third-order valence-electron chi connectivity index (χ3n) is 2.56. The Kier molecular flexibility index (Phi) is 1.98. The van der Waals surface area contributed by atoms with E-state index in [0.29, 0.717) is 0 Å². The summed E-state index contributed by atoms with van der Waals surface area (Å²) in [6, 6.07) is 9.38. The standard InChI is InChI=1S/C12H8N2O3/c15-12(16)17-11-5-8-7-3-1-2-4-9(7)14-10(8)6-13-11/h1-6,14H,(H,15,16). The second-order valence-corrected chi connectivity index (χ2v) is 3.61. The first-order chi connectivity index (χ1) is 8.24. The highest BCUT2D eigenvalue weighted by molar-refractivity contribution is 6.07. The molecule has 0 fully saturated rings. The Bertz CT molecular complexity index is 718. The van der Waals surface area contributed by atoms with Crippen LogP contribution >= 0.6 is 0 Å². The minimum absolute atomic E-state index is 0.0785. The summed E-state index contributed by atoms with van der Waals surface area (Å²) in [6.07, 6.45) is 0.199. The lowest BCUT2D eigenvalue weighted by Crippen LogP contribution is -2.03. The zero-order chi connectivity index (χ0) is 11.8. The number of nitrogens with one attached hydrogen (secondary N) is 1. The van der Waals surface area contributed by atoms with Crippen LogP contribution in [0.1, 0.15) is 0 Å². The molecule has 1 aromatic carbocycles. The number of pyridine rings is 1. The van der Waals surface area contributed by atoms with Crippen molar-refractivity contribution in [2.75, 3.05) is 0 Å². The van der Waals surface area contributed by atoms with E-state index in [1.807, 2.05) is 24.3 Å². The maximum absolute atomic E-state index is 10.4. The van der Waals surface area contributed by atoms with Gasteiger partial charge in [0.2, 0.25) is 5.88 Å². The van der Waals surface area contributed by atoms with Crippen LogP contribution in [0, 0.1) is 0 Å². The number of hydrogen-bond acceptors (Lipinski definition) is 3. The molecule has 0 amide bonds. The Labute approximate surface area is 95.7 Å². The predicted molar refractivity (Wildman–Crippen MR) is 62.3 cm³/mol. The van der Waals surface area contributed by atoms with Gasteiger partial charge in [0.05, 0.1) is 11.7 Å². The fourth-order valence-electron chi connectivity index (χ4n) is 1.88. The summed E-state index contributed by atoms with van der Waals surface area (Å²) < 4.78 is 4.53. The molecule has 0 aliphatic carbocycles. The molecule has 0 saturated heterocycles. The number of para-hydroxylation sites is 1. The highest BCUT2D eigenvalue weighted by Crippen LogP contribution is 2.26. The van der Waals surface area contributed by atoms with Gasteiger partial charge in [-0.1, -0.05) is 18.2 Å². The number of carboxylic acid groups (broad SMARTS) is 1. The first-order valence-electron chi connectivity index (χ1n) is 5.01. The Hall–Kier alpha value is -2.56. The van der Waals surface area contributed by atoms with Crippen LogP contribution in [0.2, 0.25) is 0 Å². The van der Waals surface area contributed by atoms with E-state index >= 15 is 0 Å². The molecule has 5 heteroatoms. The number of rotatable bonds is 1. The number of nitrogens with zero attached hydrogens (tertiary/aromatic N) is 1. The van der Waals surface area contributed by atoms with Crippen LogP contribution in [-0.4, -0.2) is 21.2 Å². The molecule has 0 radical (unpaired) electrons. The molecule has 0 aliphatic rings. The molecule has 84 valence electrons. The second-order valence-electron chi connectivity index (χ2n) is 3.61. The molecule has 3 aromatic rings. The van der Waals surface area contributed by atoms with E-state index in [4.69, 9.17) is 5.11 Å². The molecule has 2 heterocycles. The Morgan fingerprint density at radius 2 is 2.06 bits per heavy atom. The van der Waals surface area contributed by atoms with Crippen molar-refractivity contribution in [1.82, 2.24) is 9.97 Å². The van der Waals surface area contributed by atoms with Crippen LogP contribution in [0.5, 0.6) is 5.88 Å². The maximum atomic E-state index is 10.4. The number of fused-ring (bicyclic) bond motifs is 3. The second kappa shape index (κ2) is 3.48. The van der Waals surface area contributed by atoms with Gasteiger partial charge in [-0.15, -0.1) is 0 Å². The number of ether oxygens (including phenoxy) is 1. The third-order valence-corrected chi connectivity index (χ3v) is 2.56. The first kappa shape index (κ1) is 9.65. The average Bonchev–Trinajstić information content (AvgIpc) is 2.66. The Morgan fingerprint density at radius 1 is 1.24 bits per heavy atom. The molecule has 2 aromatic heterocycles. The van der Waals surface area contributed by atoms with E-state index in [1.165, 1.54) is 0 Å². The summed E-state index contributed by atoms with van der Waals surface area (Å²) in [5.74, 6) is 0.0785. The van der Waals surface area contributed by atoms with Crippen molar-refractivity contribution in [1.29, 1.82) is 0 Å². The van der Waals surface area contributed by atoms with E-state index in [1.54, 1.807) is 12.3 Å². The predicted octanol–water partition coefficient (Wildman–Crippen LogP) is 2.77. The van der Waals surface area contributed by atoms with Crippen LogP contribution in [0.15, 0.2) is 36.5 Å². The third kappa shape index (κ3) is 1.57. The average molecular weight is 228 g/mol. The van der Waals surface area contributed by atoms with Gasteiger partial charge in [-0.2, -0.15) is 0 Å². The summed E-state index contributed by atoms with van der Waals surface area (Å²) in [5.41, 5.74) is 1.83. The zero-order valence-corrected chi connectivity index (χ0v) is 8.68. The van der Waals surface area contributed by atoms with Crippen molar-refractivity contribution in [3.8, 4) is 5.88 Å². The van der Waals surface area contributed by atoms with Crippen molar-refractivity contribution in [2.45, 2.75) is 0 Å². The van der Waals surface area contributed by atoms with Crippen LogP contribution in [0.4, 0.5) is 4.79 Å². The van der Waals surface area contributed by atoms with E-state index < -0.39 is 6.16 Å². The minimum Gasteiger partial charge on any atom is -0.449 e.